The number of anilines is 1. The predicted octanol–water partition coefficient (Wildman–Crippen LogP) is 7.20. The van der Waals surface area contributed by atoms with Gasteiger partial charge >= 0.3 is 0 Å². The molecule has 2 N–H and O–H groups in total. The highest BCUT2D eigenvalue weighted by Gasteiger charge is 2.22. The molecule has 0 aliphatic rings. The van der Waals surface area contributed by atoms with E-state index >= 15 is 0 Å². The minimum absolute atomic E-state index is 0.150. The Bertz CT molecular complexity index is 1310. The summed E-state index contributed by atoms with van der Waals surface area (Å²) in [5.41, 5.74) is 5.55. The van der Waals surface area contributed by atoms with E-state index < -0.39 is 6.04 Å². The molecule has 0 saturated carbocycles. The van der Waals surface area contributed by atoms with Gasteiger partial charge in [-0.1, -0.05) is 93.6 Å². The molecule has 194 valence electrons. The van der Waals surface area contributed by atoms with Crippen LogP contribution >= 0.6 is 0 Å². The van der Waals surface area contributed by atoms with Crippen LogP contribution in [0.4, 0.5) is 5.82 Å². The molecule has 2 atom stereocenters. The predicted molar refractivity (Wildman–Crippen MR) is 156 cm³/mol. The Hall–Kier alpha value is -4.27. The maximum absolute atomic E-state index is 13.4. The summed E-state index contributed by atoms with van der Waals surface area (Å²) in [6.45, 7) is 12.9. The number of rotatable bonds is 11. The van der Waals surface area contributed by atoms with E-state index in [1.165, 1.54) is 0 Å². The zero-order valence-corrected chi connectivity index (χ0v) is 22.6. The third-order valence-electron chi connectivity index (χ3n) is 6.04. The van der Waals surface area contributed by atoms with Crippen LogP contribution in [0.1, 0.15) is 61.9 Å². The third kappa shape index (κ3) is 8.40. The average molecular weight is 505 g/mol. The molecule has 0 spiro atoms. The van der Waals surface area contributed by atoms with Gasteiger partial charge in [-0.2, -0.15) is 5.26 Å². The number of carbonyl (C=O) groups excluding carboxylic acids is 1. The van der Waals surface area contributed by atoms with Gasteiger partial charge in [0.25, 0.3) is 0 Å². The monoisotopic (exact) mass is 504 g/mol. The maximum atomic E-state index is 13.4. The summed E-state index contributed by atoms with van der Waals surface area (Å²) in [5.74, 6) is 0.888. The van der Waals surface area contributed by atoms with Gasteiger partial charge in [-0.05, 0) is 59.7 Å². The van der Waals surface area contributed by atoms with Crippen molar-refractivity contribution >= 4 is 17.3 Å². The first-order chi connectivity index (χ1) is 18.3. The van der Waals surface area contributed by atoms with Crippen LogP contribution in [0, 0.1) is 17.2 Å². The van der Waals surface area contributed by atoms with Crippen LogP contribution in [-0.4, -0.2) is 17.4 Å². The Labute approximate surface area is 226 Å². The third-order valence-corrected chi connectivity index (χ3v) is 6.04. The highest BCUT2D eigenvalue weighted by Crippen LogP contribution is 2.22. The average Bonchev–Trinajstić information content (AvgIpc) is 2.92. The molecular weight excluding hydrogens is 468 g/mol. The zero-order chi connectivity index (χ0) is 27.5. The number of aromatic nitrogens is 1. The standard InChI is InChI=1S/C33H36N4O/c1-23(2)11-14-29(19-24(3)4)30-17-18-31(35-22-30)37-33(38)32(28-9-7-6-8-10-28)36-21-25(5)27-15-12-26(20-34)13-16-27/h6-19,22-23,25,32,36H,3,21H2,1-2,4-5H3,(H,35,37,38)/b14-11-,29-19+. The Morgan fingerprint density at radius 1 is 1.03 bits per heavy atom. The molecule has 0 fully saturated rings. The van der Waals surface area contributed by atoms with Crippen LogP contribution < -0.4 is 10.6 Å². The van der Waals surface area contributed by atoms with Gasteiger partial charge in [0.15, 0.2) is 0 Å². The molecule has 5 nitrogen and oxygen atoms in total. The van der Waals surface area contributed by atoms with Crippen LogP contribution in [0.5, 0.6) is 0 Å². The van der Waals surface area contributed by atoms with Gasteiger partial charge < -0.3 is 10.6 Å². The van der Waals surface area contributed by atoms with Crippen LogP contribution in [0.25, 0.3) is 5.57 Å². The number of hydrogen-bond acceptors (Lipinski definition) is 4. The Kier molecular flexibility index (Phi) is 10.3. The molecule has 0 aliphatic heterocycles. The first-order valence-electron chi connectivity index (χ1n) is 12.9. The summed E-state index contributed by atoms with van der Waals surface area (Å²) in [4.78, 5) is 17.9. The van der Waals surface area contributed by atoms with Crippen molar-refractivity contribution in [2.24, 2.45) is 5.92 Å². The van der Waals surface area contributed by atoms with E-state index in [1.54, 1.807) is 6.20 Å². The van der Waals surface area contributed by atoms with Crippen molar-refractivity contribution in [2.75, 3.05) is 11.9 Å². The SMILES string of the molecule is C=C(C)/C=C(\C=C/C(C)C)c1ccc(NC(=O)C(NCC(C)c2ccc(C#N)cc2)c2ccccc2)nc1. The lowest BCUT2D eigenvalue weighted by molar-refractivity contribution is -0.118. The highest BCUT2D eigenvalue weighted by atomic mass is 16.2. The van der Waals surface area contributed by atoms with Gasteiger partial charge in [-0.25, -0.2) is 4.98 Å². The smallest absolute Gasteiger partial charge is 0.247 e. The normalized spacial score (nSPS) is 13.2. The summed E-state index contributed by atoms with van der Waals surface area (Å²) >= 11 is 0. The van der Waals surface area contributed by atoms with Crippen molar-refractivity contribution < 1.29 is 4.79 Å². The fourth-order valence-electron chi connectivity index (χ4n) is 3.93. The molecule has 3 aromatic rings. The van der Waals surface area contributed by atoms with Crippen LogP contribution in [0.15, 0.2) is 103 Å². The number of amides is 1. The first-order valence-corrected chi connectivity index (χ1v) is 12.9. The Balaban J connectivity index is 1.75. The van der Waals surface area contributed by atoms with E-state index in [0.29, 0.717) is 23.8 Å². The second-order valence-electron chi connectivity index (χ2n) is 9.86. The van der Waals surface area contributed by atoms with E-state index in [0.717, 1.165) is 27.8 Å². The summed E-state index contributed by atoms with van der Waals surface area (Å²) in [6.07, 6.45) is 8.02. The molecular formula is C33H36N4O. The van der Waals surface area contributed by atoms with Crippen molar-refractivity contribution in [1.29, 1.82) is 5.26 Å². The lowest BCUT2D eigenvalue weighted by atomic mass is 9.98. The molecule has 2 unspecified atom stereocenters. The number of carbonyl (C=O) groups is 1. The van der Waals surface area contributed by atoms with Crippen LogP contribution in [0.2, 0.25) is 0 Å². The quantitative estimate of drug-likeness (QED) is 0.271. The number of hydrogen-bond donors (Lipinski definition) is 2. The van der Waals surface area contributed by atoms with Gasteiger partial charge in [0.05, 0.1) is 11.6 Å². The molecule has 38 heavy (non-hydrogen) atoms. The molecule has 2 aromatic carbocycles. The van der Waals surface area contributed by atoms with Gasteiger partial charge in [0.1, 0.15) is 11.9 Å². The van der Waals surface area contributed by atoms with Gasteiger partial charge in [-0.3, -0.25) is 4.79 Å². The molecule has 0 aliphatic carbocycles. The number of pyridine rings is 1. The van der Waals surface area contributed by atoms with Gasteiger partial charge in [0.2, 0.25) is 5.91 Å². The van der Waals surface area contributed by atoms with Crippen molar-refractivity contribution in [3.8, 4) is 6.07 Å². The van der Waals surface area contributed by atoms with Gasteiger partial charge in [-0.15, -0.1) is 0 Å². The molecule has 0 saturated heterocycles. The van der Waals surface area contributed by atoms with Crippen LogP contribution in [-0.2, 0) is 4.79 Å². The van der Waals surface area contributed by atoms with Crippen molar-refractivity contribution in [3.63, 3.8) is 0 Å². The zero-order valence-electron chi connectivity index (χ0n) is 22.6. The lowest BCUT2D eigenvalue weighted by Gasteiger charge is -2.21. The highest BCUT2D eigenvalue weighted by molar-refractivity contribution is 5.95. The van der Waals surface area contributed by atoms with E-state index in [4.69, 9.17) is 5.26 Å². The summed E-state index contributed by atoms with van der Waals surface area (Å²) in [5, 5.41) is 15.5. The molecule has 3 rings (SSSR count). The summed E-state index contributed by atoms with van der Waals surface area (Å²) in [7, 11) is 0. The van der Waals surface area contributed by atoms with Crippen molar-refractivity contribution in [3.05, 3.63) is 126 Å². The lowest BCUT2D eigenvalue weighted by Crippen LogP contribution is -2.35. The van der Waals surface area contributed by atoms with E-state index in [9.17, 15) is 4.79 Å². The second-order valence-corrected chi connectivity index (χ2v) is 9.86. The summed E-state index contributed by atoms with van der Waals surface area (Å²) < 4.78 is 0. The molecule has 0 radical (unpaired) electrons. The van der Waals surface area contributed by atoms with E-state index in [-0.39, 0.29) is 11.8 Å². The fraction of sp³-hybridized carbons (Fsp3) is 0.242. The van der Waals surface area contributed by atoms with E-state index in [1.807, 2.05) is 79.7 Å². The minimum atomic E-state index is -0.550. The van der Waals surface area contributed by atoms with Crippen molar-refractivity contribution in [2.45, 2.75) is 39.7 Å². The van der Waals surface area contributed by atoms with Crippen LogP contribution in [0.3, 0.4) is 0 Å². The first kappa shape index (κ1) is 28.3. The Morgan fingerprint density at radius 2 is 1.74 bits per heavy atom. The number of nitriles is 1. The van der Waals surface area contributed by atoms with E-state index in [2.05, 4.69) is 61.2 Å². The topological polar surface area (TPSA) is 77.8 Å². The molecule has 1 heterocycles. The molecule has 5 heteroatoms. The van der Waals surface area contributed by atoms with Crippen molar-refractivity contribution in [1.82, 2.24) is 10.3 Å². The largest absolute Gasteiger partial charge is 0.309 e. The summed E-state index contributed by atoms with van der Waals surface area (Å²) in [6, 6.07) is 22.6. The Morgan fingerprint density at radius 3 is 2.32 bits per heavy atom. The molecule has 1 amide bonds. The second kappa shape index (κ2) is 13.9. The minimum Gasteiger partial charge on any atom is -0.309 e. The number of benzene rings is 2. The number of allylic oxidation sites excluding steroid dienone is 5. The van der Waals surface area contributed by atoms with Gasteiger partial charge in [0, 0.05) is 18.3 Å². The number of nitrogens with one attached hydrogen (secondary N) is 2. The molecule has 0 bridgehead atoms. The maximum Gasteiger partial charge on any atom is 0.247 e. The fourth-order valence-corrected chi connectivity index (χ4v) is 3.93. The molecule has 1 aromatic heterocycles. The number of nitrogens with zero attached hydrogens (tertiary/aromatic N) is 2.